The maximum absolute atomic E-state index is 13.2. The van der Waals surface area contributed by atoms with Crippen LogP contribution in [0.4, 0.5) is 0 Å². The van der Waals surface area contributed by atoms with Crippen molar-refractivity contribution in [2.45, 2.75) is 25.3 Å². The highest BCUT2D eigenvalue weighted by Gasteiger charge is 2.26. The van der Waals surface area contributed by atoms with Gasteiger partial charge in [-0.15, -0.1) is 0 Å². The van der Waals surface area contributed by atoms with Gasteiger partial charge in [0.2, 0.25) is 10.0 Å². The van der Waals surface area contributed by atoms with Crippen molar-refractivity contribution in [1.82, 2.24) is 9.29 Å². The molecule has 1 aromatic heterocycles. The number of nitrogens with one attached hydrogen (secondary N) is 1. The first kappa shape index (κ1) is 22.7. The standard InChI is InChI=1S/C22H24N2O6S/c1-14-9-15(2)19-12-17(21(26)23-20(19)10-14)13-24(7-8-25)31(28,29)18-6-4-5-16(11-18)22(27)30-3/h4-6,9-12,25H,7-8,13H2,1-3H3,(H,23,26). The number of aliphatic hydroxyl groups excluding tert-OH is 1. The number of ether oxygens (including phenoxy) is 1. The van der Waals surface area contributed by atoms with Crippen molar-refractivity contribution in [2.75, 3.05) is 20.3 Å². The summed E-state index contributed by atoms with van der Waals surface area (Å²) in [5.41, 5.74) is 2.56. The molecule has 2 N–H and O–H groups in total. The number of hydrogen-bond acceptors (Lipinski definition) is 6. The van der Waals surface area contributed by atoms with E-state index in [4.69, 9.17) is 0 Å². The Hall–Kier alpha value is -3.01. The number of carbonyl (C=O) groups excluding carboxylic acids is 1. The van der Waals surface area contributed by atoms with Gasteiger partial charge in [0, 0.05) is 29.6 Å². The molecule has 0 atom stereocenters. The third kappa shape index (κ3) is 4.68. The van der Waals surface area contributed by atoms with Crippen molar-refractivity contribution < 1.29 is 23.1 Å². The van der Waals surface area contributed by atoms with E-state index in [2.05, 4.69) is 9.72 Å². The number of methoxy groups -OCH3 is 1. The van der Waals surface area contributed by atoms with Crippen LogP contribution in [0.15, 0.2) is 52.2 Å². The summed E-state index contributed by atoms with van der Waals surface area (Å²) >= 11 is 0. The van der Waals surface area contributed by atoms with Gasteiger partial charge in [-0.25, -0.2) is 13.2 Å². The Kier molecular flexibility index (Phi) is 6.59. The zero-order chi connectivity index (χ0) is 22.8. The highest BCUT2D eigenvalue weighted by Crippen LogP contribution is 2.22. The molecule has 0 bridgehead atoms. The predicted molar refractivity (Wildman–Crippen MR) is 117 cm³/mol. The minimum Gasteiger partial charge on any atom is -0.465 e. The Morgan fingerprint density at radius 3 is 2.58 bits per heavy atom. The van der Waals surface area contributed by atoms with Crippen molar-refractivity contribution >= 4 is 26.9 Å². The van der Waals surface area contributed by atoms with Crippen molar-refractivity contribution in [1.29, 1.82) is 0 Å². The highest BCUT2D eigenvalue weighted by atomic mass is 32.2. The molecule has 0 saturated heterocycles. The number of H-pyrrole nitrogens is 1. The molecule has 0 amide bonds. The van der Waals surface area contributed by atoms with Gasteiger partial charge < -0.3 is 14.8 Å². The number of aliphatic hydroxyl groups is 1. The second-order valence-corrected chi connectivity index (χ2v) is 9.19. The van der Waals surface area contributed by atoms with Crippen LogP contribution in [0.1, 0.15) is 27.0 Å². The Morgan fingerprint density at radius 2 is 1.90 bits per heavy atom. The molecule has 0 saturated carbocycles. The van der Waals surface area contributed by atoms with Gasteiger partial charge in [-0.2, -0.15) is 4.31 Å². The van der Waals surface area contributed by atoms with E-state index < -0.39 is 28.2 Å². The molecule has 0 radical (unpaired) electrons. The van der Waals surface area contributed by atoms with Crippen LogP contribution in [0.3, 0.4) is 0 Å². The average Bonchev–Trinajstić information content (AvgIpc) is 2.73. The monoisotopic (exact) mass is 444 g/mol. The molecule has 1 heterocycles. The van der Waals surface area contributed by atoms with Crippen molar-refractivity contribution in [3.8, 4) is 0 Å². The molecular weight excluding hydrogens is 420 g/mol. The van der Waals surface area contributed by atoms with Crippen LogP contribution in [0.2, 0.25) is 0 Å². The van der Waals surface area contributed by atoms with E-state index in [1.54, 1.807) is 6.07 Å². The largest absolute Gasteiger partial charge is 0.465 e. The number of nitrogens with zero attached hydrogens (tertiary/aromatic N) is 1. The molecule has 2 aromatic carbocycles. The van der Waals surface area contributed by atoms with E-state index in [1.165, 1.54) is 31.4 Å². The van der Waals surface area contributed by atoms with Crippen molar-refractivity contribution in [3.05, 3.63) is 75.1 Å². The second kappa shape index (κ2) is 9.01. The smallest absolute Gasteiger partial charge is 0.337 e. The number of benzene rings is 2. The maximum Gasteiger partial charge on any atom is 0.337 e. The SMILES string of the molecule is COC(=O)c1cccc(S(=O)(=O)N(CCO)Cc2cc3c(C)cc(C)cc3[nH]c2=O)c1. The topological polar surface area (TPSA) is 117 Å². The molecule has 0 aliphatic carbocycles. The van der Waals surface area contributed by atoms with Crippen LogP contribution in [-0.4, -0.2) is 49.0 Å². The van der Waals surface area contributed by atoms with Crippen LogP contribution < -0.4 is 5.56 Å². The molecule has 0 aliphatic rings. The van der Waals surface area contributed by atoms with Gasteiger partial charge in [0.25, 0.3) is 5.56 Å². The Balaban J connectivity index is 2.04. The first-order valence-corrected chi connectivity index (χ1v) is 11.0. The molecule has 3 rings (SSSR count). The van der Waals surface area contributed by atoms with Crippen molar-refractivity contribution in [2.24, 2.45) is 0 Å². The number of sulfonamides is 1. The lowest BCUT2D eigenvalue weighted by atomic mass is 10.0. The molecular formula is C22H24N2O6S. The third-order valence-electron chi connectivity index (χ3n) is 4.98. The third-order valence-corrected chi connectivity index (χ3v) is 6.82. The molecule has 0 spiro atoms. The summed E-state index contributed by atoms with van der Waals surface area (Å²) in [6.07, 6.45) is 0. The summed E-state index contributed by atoms with van der Waals surface area (Å²) < 4.78 is 32.1. The van der Waals surface area contributed by atoms with Gasteiger partial charge in [0.05, 0.1) is 24.2 Å². The van der Waals surface area contributed by atoms with Crippen molar-refractivity contribution in [3.63, 3.8) is 0 Å². The summed E-state index contributed by atoms with van der Waals surface area (Å²) in [7, 11) is -2.89. The first-order valence-electron chi connectivity index (χ1n) is 9.60. The van der Waals surface area contributed by atoms with Crippen LogP contribution >= 0.6 is 0 Å². The maximum atomic E-state index is 13.2. The number of esters is 1. The molecule has 9 heteroatoms. The average molecular weight is 445 g/mol. The van der Waals surface area contributed by atoms with Gasteiger partial charge in [0.1, 0.15) is 0 Å². The first-order chi connectivity index (χ1) is 14.7. The zero-order valence-corrected chi connectivity index (χ0v) is 18.3. The Bertz CT molecular complexity index is 1300. The number of carbonyl (C=O) groups is 1. The molecule has 0 fully saturated rings. The number of rotatable bonds is 7. The minimum atomic E-state index is -4.10. The number of hydrogen-bond donors (Lipinski definition) is 2. The minimum absolute atomic E-state index is 0.0853. The van der Waals surface area contributed by atoms with Crippen LogP contribution in [0, 0.1) is 13.8 Å². The number of aromatic amines is 1. The van der Waals surface area contributed by atoms with Crippen LogP contribution in [-0.2, 0) is 21.3 Å². The van der Waals surface area contributed by atoms with E-state index in [9.17, 15) is 23.1 Å². The fourth-order valence-corrected chi connectivity index (χ4v) is 4.93. The molecule has 31 heavy (non-hydrogen) atoms. The summed E-state index contributed by atoms with van der Waals surface area (Å²) in [6, 6.07) is 10.9. The number of aryl methyl sites for hydroxylation is 2. The fourth-order valence-electron chi connectivity index (χ4n) is 3.47. The number of fused-ring (bicyclic) bond motifs is 1. The lowest BCUT2D eigenvalue weighted by Crippen LogP contribution is -2.35. The van der Waals surface area contributed by atoms with Gasteiger partial charge >= 0.3 is 5.97 Å². The fraction of sp³-hybridized carbons (Fsp3) is 0.273. The Labute approximate surface area is 180 Å². The van der Waals surface area contributed by atoms with Crippen LogP contribution in [0.25, 0.3) is 10.9 Å². The van der Waals surface area contributed by atoms with E-state index in [0.29, 0.717) is 5.52 Å². The van der Waals surface area contributed by atoms with E-state index in [1.807, 2.05) is 26.0 Å². The zero-order valence-electron chi connectivity index (χ0n) is 17.5. The summed E-state index contributed by atoms with van der Waals surface area (Å²) in [5, 5.41) is 10.3. The number of pyridine rings is 1. The summed E-state index contributed by atoms with van der Waals surface area (Å²) in [4.78, 5) is 27.1. The van der Waals surface area contributed by atoms with Gasteiger partial charge in [-0.05, 0) is 55.3 Å². The lowest BCUT2D eigenvalue weighted by molar-refractivity contribution is 0.0600. The molecule has 8 nitrogen and oxygen atoms in total. The predicted octanol–water partition coefficient (Wildman–Crippen LogP) is 2.11. The second-order valence-electron chi connectivity index (χ2n) is 7.25. The number of aromatic nitrogens is 1. The van der Waals surface area contributed by atoms with Gasteiger partial charge in [-0.3, -0.25) is 4.79 Å². The quantitative estimate of drug-likeness (QED) is 0.539. The highest BCUT2D eigenvalue weighted by molar-refractivity contribution is 7.89. The molecule has 0 unspecified atom stereocenters. The van der Waals surface area contributed by atoms with Gasteiger partial charge in [-0.1, -0.05) is 12.1 Å². The van der Waals surface area contributed by atoms with E-state index in [-0.39, 0.29) is 29.1 Å². The van der Waals surface area contributed by atoms with Gasteiger partial charge in [0.15, 0.2) is 0 Å². The van der Waals surface area contributed by atoms with E-state index >= 15 is 0 Å². The normalized spacial score (nSPS) is 11.8. The molecule has 0 aliphatic heterocycles. The van der Waals surface area contributed by atoms with Crippen LogP contribution in [0.5, 0.6) is 0 Å². The summed E-state index contributed by atoms with van der Waals surface area (Å²) in [6.45, 7) is 2.97. The summed E-state index contributed by atoms with van der Waals surface area (Å²) in [5.74, 6) is -0.664. The molecule has 164 valence electrons. The molecule has 3 aromatic rings. The Morgan fingerprint density at radius 1 is 1.16 bits per heavy atom. The lowest BCUT2D eigenvalue weighted by Gasteiger charge is -2.21. The van der Waals surface area contributed by atoms with E-state index in [0.717, 1.165) is 20.8 Å².